The van der Waals surface area contributed by atoms with Crippen molar-refractivity contribution in [3.63, 3.8) is 0 Å². The number of benzene rings is 1. The molecule has 0 unspecified atom stereocenters. The summed E-state index contributed by atoms with van der Waals surface area (Å²) >= 11 is 0. The van der Waals surface area contributed by atoms with E-state index in [0.29, 0.717) is 19.4 Å². The van der Waals surface area contributed by atoms with Crippen LogP contribution in [0.1, 0.15) is 23.2 Å². The minimum absolute atomic E-state index is 0.124. The van der Waals surface area contributed by atoms with Crippen molar-refractivity contribution in [2.75, 3.05) is 20.2 Å². The van der Waals surface area contributed by atoms with Gasteiger partial charge in [0.25, 0.3) is 5.91 Å². The number of carbonyl (C=O) groups excluding carboxylic acids is 1. The van der Waals surface area contributed by atoms with E-state index in [9.17, 15) is 14.0 Å². The van der Waals surface area contributed by atoms with Crippen LogP contribution in [0.3, 0.4) is 0 Å². The van der Waals surface area contributed by atoms with Gasteiger partial charge in [-0.05, 0) is 31.0 Å². The summed E-state index contributed by atoms with van der Waals surface area (Å²) in [5, 5.41) is 9.03. The largest absolute Gasteiger partial charge is 0.496 e. The molecule has 6 heteroatoms. The smallest absolute Gasteiger partial charge is 0.308 e. The lowest BCUT2D eigenvalue weighted by Crippen LogP contribution is -2.42. The Morgan fingerprint density at radius 2 is 2.20 bits per heavy atom. The van der Waals surface area contributed by atoms with Crippen molar-refractivity contribution in [1.82, 2.24) is 4.90 Å². The number of amides is 1. The maximum Gasteiger partial charge on any atom is 0.308 e. The van der Waals surface area contributed by atoms with Crippen LogP contribution in [0, 0.1) is 11.7 Å². The van der Waals surface area contributed by atoms with Crippen LogP contribution in [0.25, 0.3) is 0 Å². The highest BCUT2D eigenvalue weighted by Gasteiger charge is 2.29. The quantitative estimate of drug-likeness (QED) is 0.917. The first-order valence-electron chi connectivity index (χ1n) is 6.38. The van der Waals surface area contributed by atoms with Gasteiger partial charge in [0.05, 0.1) is 18.6 Å². The first-order valence-corrected chi connectivity index (χ1v) is 6.38. The maximum absolute atomic E-state index is 13.3. The van der Waals surface area contributed by atoms with Gasteiger partial charge in [-0.25, -0.2) is 4.39 Å². The second-order valence-corrected chi connectivity index (χ2v) is 4.77. The first kappa shape index (κ1) is 14.3. The van der Waals surface area contributed by atoms with Crippen molar-refractivity contribution in [3.8, 4) is 5.75 Å². The molecular formula is C14H16FNO4. The van der Waals surface area contributed by atoms with E-state index < -0.39 is 23.6 Å². The van der Waals surface area contributed by atoms with Gasteiger partial charge in [-0.3, -0.25) is 9.59 Å². The summed E-state index contributed by atoms with van der Waals surface area (Å²) in [4.78, 5) is 24.8. The van der Waals surface area contributed by atoms with Crippen LogP contribution in [0.15, 0.2) is 18.2 Å². The molecule has 1 saturated heterocycles. The van der Waals surface area contributed by atoms with Crippen molar-refractivity contribution in [1.29, 1.82) is 0 Å². The number of carbonyl (C=O) groups is 2. The highest BCUT2D eigenvalue weighted by molar-refractivity contribution is 5.97. The summed E-state index contributed by atoms with van der Waals surface area (Å²) in [6.07, 6.45) is 1.18. The highest BCUT2D eigenvalue weighted by atomic mass is 19.1. The van der Waals surface area contributed by atoms with Crippen LogP contribution in [0.4, 0.5) is 4.39 Å². The van der Waals surface area contributed by atoms with Crippen LogP contribution in [-0.4, -0.2) is 42.1 Å². The number of methoxy groups -OCH3 is 1. The molecule has 1 atom stereocenters. The van der Waals surface area contributed by atoms with Crippen LogP contribution in [-0.2, 0) is 4.79 Å². The topological polar surface area (TPSA) is 66.8 Å². The van der Waals surface area contributed by atoms with Crippen LogP contribution in [0.2, 0.25) is 0 Å². The molecule has 1 aliphatic rings. The lowest BCUT2D eigenvalue weighted by atomic mass is 9.97. The Morgan fingerprint density at radius 1 is 1.45 bits per heavy atom. The molecule has 1 heterocycles. The SMILES string of the molecule is COc1ccc(F)cc1C(=O)N1CCC[C@H](C(=O)O)C1. The number of carboxylic acids is 1. The third-order valence-corrected chi connectivity index (χ3v) is 3.45. The number of hydrogen-bond donors (Lipinski definition) is 1. The first-order chi connectivity index (χ1) is 9.52. The standard InChI is InChI=1S/C14H16FNO4/c1-20-12-5-4-10(15)7-11(12)13(17)16-6-2-3-9(8-16)14(18)19/h4-5,7,9H,2-3,6,8H2,1H3,(H,18,19)/t9-/m0/s1. The molecule has 1 aliphatic heterocycles. The summed E-state index contributed by atoms with van der Waals surface area (Å²) in [6, 6.07) is 3.72. The van der Waals surface area contributed by atoms with Crippen molar-refractivity contribution < 1.29 is 23.8 Å². The molecule has 2 rings (SSSR count). The van der Waals surface area contributed by atoms with Gasteiger partial charge in [0.2, 0.25) is 0 Å². The number of aliphatic carboxylic acids is 1. The zero-order valence-corrected chi connectivity index (χ0v) is 11.1. The fourth-order valence-electron chi connectivity index (χ4n) is 2.38. The fraction of sp³-hybridized carbons (Fsp3) is 0.429. The monoisotopic (exact) mass is 281 g/mol. The molecule has 0 radical (unpaired) electrons. The number of carboxylic acid groups (broad SMARTS) is 1. The zero-order chi connectivity index (χ0) is 14.7. The molecule has 1 fully saturated rings. The summed E-state index contributed by atoms with van der Waals surface area (Å²) < 4.78 is 18.4. The average Bonchev–Trinajstić information content (AvgIpc) is 2.46. The molecule has 0 saturated carbocycles. The van der Waals surface area contributed by atoms with Crippen molar-refractivity contribution in [3.05, 3.63) is 29.6 Å². The van der Waals surface area contributed by atoms with E-state index in [1.807, 2.05) is 0 Å². The molecular weight excluding hydrogens is 265 g/mol. The third-order valence-electron chi connectivity index (χ3n) is 3.45. The highest BCUT2D eigenvalue weighted by Crippen LogP contribution is 2.24. The van der Waals surface area contributed by atoms with Gasteiger partial charge in [0.1, 0.15) is 11.6 Å². The summed E-state index contributed by atoms with van der Waals surface area (Å²) in [7, 11) is 1.40. The fourth-order valence-corrected chi connectivity index (χ4v) is 2.38. The zero-order valence-electron chi connectivity index (χ0n) is 11.1. The summed E-state index contributed by atoms with van der Waals surface area (Å²) in [5.74, 6) is -2.11. The Bertz CT molecular complexity index is 532. The van der Waals surface area contributed by atoms with Gasteiger partial charge in [-0.2, -0.15) is 0 Å². The van der Waals surface area contributed by atoms with Gasteiger partial charge < -0.3 is 14.7 Å². The lowest BCUT2D eigenvalue weighted by molar-refractivity contribution is -0.143. The predicted molar refractivity (Wildman–Crippen MR) is 69.2 cm³/mol. The number of ether oxygens (including phenoxy) is 1. The van der Waals surface area contributed by atoms with E-state index in [2.05, 4.69) is 0 Å². The maximum atomic E-state index is 13.3. The van der Waals surface area contributed by atoms with Crippen LogP contribution in [0.5, 0.6) is 5.75 Å². The molecule has 0 spiro atoms. The van der Waals surface area contributed by atoms with E-state index in [-0.39, 0.29) is 17.9 Å². The minimum Gasteiger partial charge on any atom is -0.496 e. The molecule has 1 N–H and O–H groups in total. The van der Waals surface area contributed by atoms with E-state index in [0.717, 1.165) is 6.07 Å². The van der Waals surface area contributed by atoms with E-state index in [1.54, 1.807) is 0 Å². The second kappa shape index (κ2) is 5.90. The van der Waals surface area contributed by atoms with E-state index in [1.165, 1.54) is 24.1 Å². The molecule has 5 nitrogen and oxygen atoms in total. The normalized spacial score (nSPS) is 18.7. The molecule has 1 aromatic rings. The van der Waals surface area contributed by atoms with Crippen molar-refractivity contribution in [2.24, 2.45) is 5.92 Å². The van der Waals surface area contributed by atoms with Gasteiger partial charge in [0.15, 0.2) is 0 Å². The lowest BCUT2D eigenvalue weighted by Gasteiger charge is -2.31. The van der Waals surface area contributed by atoms with E-state index in [4.69, 9.17) is 9.84 Å². The molecule has 0 aromatic heterocycles. The molecule has 0 aliphatic carbocycles. The summed E-state index contributed by atoms with van der Waals surface area (Å²) in [5.41, 5.74) is 0.124. The van der Waals surface area contributed by atoms with Crippen LogP contribution >= 0.6 is 0 Å². The number of likely N-dealkylation sites (tertiary alicyclic amines) is 1. The van der Waals surface area contributed by atoms with E-state index >= 15 is 0 Å². The van der Waals surface area contributed by atoms with Crippen molar-refractivity contribution >= 4 is 11.9 Å². The average molecular weight is 281 g/mol. The number of nitrogens with zero attached hydrogens (tertiary/aromatic N) is 1. The molecule has 1 amide bonds. The Morgan fingerprint density at radius 3 is 2.85 bits per heavy atom. The predicted octanol–water partition coefficient (Wildman–Crippen LogP) is 1.77. The number of halogens is 1. The van der Waals surface area contributed by atoms with Crippen molar-refractivity contribution in [2.45, 2.75) is 12.8 Å². The molecule has 0 bridgehead atoms. The third kappa shape index (κ3) is 2.89. The number of rotatable bonds is 3. The molecule has 108 valence electrons. The van der Waals surface area contributed by atoms with Crippen LogP contribution < -0.4 is 4.74 Å². The summed E-state index contributed by atoms with van der Waals surface area (Å²) in [6.45, 7) is 0.621. The molecule has 20 heavy (non-hydrogen) atoms. The Hall–Kier alpha value is -2.11. The number of hydrogen-bond acceptors (Lipinski definition) is 3. The van der Waals surface area contributed by atoms with Gasteiger partial charge in [-0.15, -0.1) is 0 Å². The van der Waals surface area contributed by atoms with Gasteiger partial charge in [0, 0.05) is 13.1 Å². The number of piperidine rings is 1. The Balaban J connectivity index is 2.22. The minimum atomic E-state index is -0.909. The van der Waals surface area contributed by atoms with Gasteiger partial charge >= 0.3 is 5.97 Å². The molecule has 1 aromatic carbocycles. The van der Waals surface area contributed by atoms with Gasteiger partial charge in [-0.1, -0.05) is 0 Å². The Kier molecular flexibility index (Phi) is 4.22. The second-order valence-electron chi connectivity index (χ2n) is 4.77. The Labute approximate surface area is 116 Å².